The molecule has 2 unspecified atom stereocenters. The first-order valence-electron chi connectivity index (χ1n) is 11.2. The standard InChI is InChI=1S/C28H26N2O4/c1-19(31)30(23-8-4-3-5-9-23)24-10-6-7-22(17-24)26(18-29)34-28(32)27(20-11-12-20)21-13-15-25(33-2)16-14-21/h3-10,13-17,20,26-27H,11-12H2,1-2H3. The normalized spacial score (nSPS) is 14.4. The number of nitriles is 1. The molecule has 1 amide bonds. The van der Waals surface area contributed by atoms with E-state index in [0.29, 0.717) is 22.7 Å². The average molecular weight is 455 g/mol. The third-order valence-corrected chi connectivity index (χ3v) is 5.93. The summed E-state index contributed by atoms with van der Waals surface area (Å²) >= 11 is 0. The summed E-state index contributed by atoms with van der Waals surface area (Å²) < 4.78 is 10.9. The Kier molecular flexibility index (Phi) is 6.93. The molecule has 0 N–H and O–H groups in total. The minimum absolute atomic E-state index is 0.165. The molecule has 6 nitrogen and oxygen atoms in total. The quantitative estimate of drug-likeness (QED) is 0.409. The molecule has 0 heterocycles. The highest BCUT2D eigenvalue weighted by molar-refractivity contribution is 5.99. The molecule has 6 heteroatoms. The van der Waals surface area contributed by atoms with E-state index < -0.39 is 18.0 Å². The fourth-order valence-corrected chi connectivity index (χ4v) is 4.12. The molecular formula is C28H26N2O4. The number of anilines is 2. The molecule has 1 fully saturated rings. The van der Waals surface area contributed by atoms with Crippen molar-refractivity contribution in [2.45, 2.75) is 31.8 Å². The summed E-state index contributed by atoms with van der Waals surface area (Å²) in [6, 6.07) is 25.7. The van der Waals surface area contributed by atoms with Gasteiger partial charge in [0.05, 0.1) is 13.0 Å². The van der Waals surface area contributed by atoms with E-state index in [4.69, 9.17) is 9.47 Å². The summed E-state index contributed by atoms with van der Waals surface area (Å²) in [7, 11) is 1.60. The van der Waals surface area contributed by atoms with Crippen molar-refractivity contribution in [2.75, 3.05) is 12.0 Å². The van der Waals surface area contributed by atoms with E-state index in [2.05, 4.69) is 6.07 Å². The molecule has 34 heavy (non-hydrogen) atoms. The van der Waals surface area contributed by atoms with Gasteiger partial charge < -0.3 is 9.47 Å². The van der Waals surface area contributed by atoms with Gasteiger partial charge in [0, 0.05) is 23.9 Å². The maximum atomic E-state index is 13.2. The Bertz CT molecular complexity index is 1200. The van der Waals surface area contributed by atoms with Crippen molar-refractivity contribution in [3.05, 3.63) is 90.0 Å². The van der Waals surface area contributed by atoms with Crippen LogP contribution >= 0.6 is 0 Å². The van der Waals surface area contributed by atoms with Crippen LogP contribution in [0.25, 0.3) is 0 Å². The lowest BCUT2D eigenvalue weighted by Crippen LogP contribution is -2.23. The van der Waals surface area contributed by atoms with Crippen LogP contribution in [0.3, 0.4) is 0 Å². The van der Waals surface area contributed by atoms with Crippen molar-refractivity contribution in [3.8, 4) is 11.8 Å². The molecular weight excluding hydrogens is 428 g/mol. The van der Waals surface area contributed by atoms with Gasteiger partial charge in [-0.1, -0.05) is 42.5 Å². The van der Waals surface area contributed by atoms with Crippen LogP contribution in [0.4, 0.5) is 11.4 Å². The van der Waals surface area contributed by atoms with Gasteiger partial charge in [-0.15, -0.1) is 0 Å². The summed E-state index contributed by atoms with van der Waals surface area (Å²) in [4.78, 5) is 27.2. The molecule has 0 bridgehead atoms. The Morgan fingerprint density at radius 3 is 2.21 bits per heavy atom. The summed E-state index contributed by atoms with van der Waals surface area (Å²) in [6.45, 7) is 1.48. The number of rotatable bonds is 8. The molecule has 0 aliphatic heterocycles. The van der Waals surface area contributed by atoms with E-state index in [0.717, 1.165) is 18.4 Å². The van der Waals surface area contributed by atoms with Gasteiger partial charge in [-0.25, -0.2) is 0 Å². The minimum atomic E-state index is -1.09. The molecule has 0 aromatic heterocycles. The highest BCUT2D eigenvalue weighted by atomic mass is 16.5. The molecule has 0 radical (unpaired) electrons. The molecule has 1 saturated carbocycles. The van der Waals surface area contributed by atoms with Crippen molar-refractivity contribution >= 4 is 23.3 Å². The van der Waals surface area contributed by atoms with Gasteiger partial charge in [-0.05, 0) is 60.7 Å². The second-order valence-electron chi connectivity index (χ2n) is 8.32. The number of nitrogens with zero attached hydrogens (tertiary/aromatic N) is 2. The summed E-state index contributed by atoms with van der Waals surface area (Å²) in [5, 5.41) is 9.83. The maximum absolute atomic E-state index is 13.2. The van der Waals surface area contributed by atoms with Gasteiger partial charge in [-0.3, -0.25) is 14.5 Å². The fourth-order valence-electron chi connectivity index (χ4n) is 4.12. The lowest BCUT2D eigenvalue weighted by Gasteiger charge is -2.23. The zero-order valence-electron chi connectivity index (χ0n) is 19.2. The highest BCUT2D eigenvalue weighted by Crippen LogP contribution is 2.44. The Morgan fingerprint density at radius 2 is 1.62 bits per heavy atom. The SMILES string of the molecule is COc1ccc(C(C(=O)OC(C#N)c2cccc(N(C(C)=O)c3ccccc3)c2)C2CC2)cc1. The second kappa shape index (κ2) is 10.2. The largest absolute Gasteiger partial charge is 0.497 e. The first kappa shape index (κ1) is 23.1. The van der Waals surface area contributed by atoms with Crippen molar-refractivity contribution < 1.29 is 19.1 Å². The molecule has 172 valence electrons. The molecule has 1 aliphatic carbocycles. The Hall–Kier alpha value is -4.11. The van der Waals surface area contributed by atoms with E-state index in [9.17, 15) is 14.9 Å². The Labute approximate surface area is 199 Å². The maximum Gasteiger partial charge on any atom is 0.315 e. The van der Waals surface area contributed by atoms with Crippen LogP contribution in [0.15, 0.2) is 78.9 Å². The fraction of sp³-hybridized carbons (Fsp3) is 0.250. The third kappa shape index (κ3) is 5.10. The average Bonchev–Trinajstić information content (AvgIpc) is 3.69. The highest BCUT2D eigenvalue weighted by Gasteiger charge is 2.39. The Morgan fingerprint density at radius 1 is 0.941 bits per heavy atom. The van der Waals surface area contributed by atoms with E-state index in [1.54, 1.807) is 36.3 Å². The lowest BCUT2D eigenvalue weighted by molar-refractivity contribution is -0.149. The minimum Gasteiger partial charge on any atom is -0.497 e. The lowest BCUT2D eigenvalue weighted by atomic mass is 9.94. The summed E-state index contributed by atoms with van der Waals surface area (Å²) in [5.41, 5.74) is 2.68. The monoisotopic (exact) mass is 454 g/mol. The van der Waals surface area contributed by atoms with E-state index in [1.807, 2.05) is 54.6 Å². The number of carbonyl (C=O) groups excluding carboxylic acids is 2. The molecule has 4 rings (SSSR count). The topological polar surface area (TPSA) is 79.6 Å². The summed E-state index contributed by atoms with van der Waals surface area (Å²) in [6.07, 6.45) is 0.809. The number of ether oxygens (including phenoxy) is 2. The van der Waals surface area contributed by atoms with Crippen LogP contribution in [-0.4, -0.2) is 19.0 Å². The molecule has 1 aliphatic rings. The van der Waals surface area contributed by atoms with Gasteiger partial charge in [0.1, 0.15) is 11.8 Å². The van der Waals surface area contributed by atoms with Gasteiger partial charge in [0.25, 0.3) is 0 Å². The zero-order chi connectivity index (χ0) is 24.1. The Balaban J connectivity index is 1.58. The van der Waals surface area contributed by atoms with Crippen molar-refractivity contribution in [2.24, 2.45) is 5.92 Å². The summed E-state index contributed by atoms with van der Waals surface area (Å²) in [5.74, 6) is -0.0917. The number of methoxy groups -OCH3 is 1. The molecule has 0 spiro atoms. The first-order valence-corrected chi connectivity index (χ1v) is 11.2. The van der Waals surface area contributed by atoms with Gasteiger partial charge in [-0.2, -0.15) is 5.26 Å². The van der Waals surface area contributed by atoms with Crippen molar-refractivity contribution in [3.63, 3.8) is 0 Å². The van der Waals surface area contributed by atoms with E-state index in [-0.39, 0.29) is 11.8 Å². The van der Waals surface area contributed by atoms with Gasteiger partial charge in [0.2, 0.25) is 12.0 Å². The first-order chi connectivity index (χ1) is 16.5. The number of carbonyl (C=O) groups is 2. The van der Waals surface area contributed by atoms with Crippen LogP contribution in [0.5, 0.6) is 5.75 Å². The van der Waals surface area contributed by atoms with E-state index in [1.165, 1.54) is 6.92 Å². The van der Waals surface area contributed by atoms with Crippen LogP contribution in [0.2, 0.25) is 0 Å². The zero-order valence-corrected chi connectivity index (χ0v) is 19.2. The molecule has 2 atom stereocenters. The molecule has 0 saturated heterocycles. The molecule has 3 aromatic rings. The van der Waals surface area contributed by atoms with E-state index >= 15 is 0 Å². The van der Waals surface area contributed by atoms with Crippen LogP contribution < -0.4 is 9.64 Å². The number of hydrogen-bond donors (Lipinski definition) is 0. The number of hydrogen-bond acceptors (Lipinski definition) is 5. The second-order valence-corrected chi connectivity index (χ2v) is 8.32. The predicted molar refractivity (Wildman–Crippen MR) is 129 cm³/mol. The number of para-hydroxylation sites is 1. The molecule has 3 aromatic carbocycles. The number of amides is 1. The van der Waals surface area contributed by atoms with Gasteiger partial charge in [0.15, 0.2) is 0 Å². The van der Waals surface area contributed by atoms with Crippen molar-refractivity contribution in [1.82, 2.24) is 0 Å². The number of benzene rings is 3. The number of esters is 1. The van der Waals surface area contributed by atoms with Crippen LogP contribution in [0.1, 0.15) is 42.9 Å². The predicted octanol–water partition coefficient (Wildman–Crippen LogP) is 5.68. The third-order valence-electron chi connectivity index (χ3n) is 5.93. The van der Waals surface area contributed by atoms with Crippen LogP contribution in [-0.2, 0) is 14.3 Å². The van der Waals surface area contributed by atoms with Gasteiger partial charge >= 0.3 is 5.97 Å². The smallest absolute Gasteiger partial charge is 0.315 e. The van der Waals surface area contributed by atoms with Crippen molar-refractivity contribution in [1.29, 1.82) is 5.26 Å². The van der Waals surface area contributed by atoms with Crippen LogP contribution in [0, 0.1) is 17.2 Å².